The zero-order chi connectivity index (χ0) is 30.0. The van der Waals surface area contributed by atoms with E-state index in [1.54, 1.807) is 7.11 Å². The second-order valence-corrected chi connectivity index (χ2v) is 13.7. The first-order valence-electron chi connectivity index (χ1n) is 15.1. The molecule has 5 aliphatic carbocycles. The molecule has 230 valence electrons. The summed E-state index contributed by atoms with van der Waals surface area (Å²) < 4.78 is 46.8. The number of carbonyl (C=O) groups excluding carboxylic acids is 4. The number of nitriles is 1. The van der Waals surface area contributed by atoms with Crippen molar-refractivity contribution in [2.24, 2.45) is 29.1 Å². The van der Waals surface area contributed by atoms with Gasteiger partial charge in [0.15, 0.2) is 0 Å². The van der Waals surface area contributed by atoms with Gasteiger partial charge >= 0.3 is 12.1 Å². The van der Waals surface area contributed by atoms with Crippen molar-refractivity contribution in [2.45, 2.75) is 107 Å². The van der Waals surface area contributed by atoms with Crippen LogP contribution in [-0.2, 0) is 23.9 Å². The number of hydrogen-bond acceptors (Lipinski definition) is 6. The van der Waals surface area contributed by atoms with Gasteiger partial charge in [-0.2, -0.15) is 18.4 Å². The highest BCUT2D eigenvalue weighted by Crippen LogP contribution is 2.64. The minimum Gasteiger partial charge on any atom is -0.378 e. The Balaban J connectivity index is 1.28. The molecule has 6 bridgehead atoms. The van der Waals surface area contributed by atoms with E-state index in [1.807, 2.05) is 6.07 Å². The Kier molecular flexibility index (Phi) is 7.22. The molecule has 0 radical (unpaired) electrons. The molecule has 5 saturated carbocycles. The van der Waals surface area contributed by atoms with E-state index in [0.717, 1.165) is 19.3 Å². The number of alkyl halides is 3. The largest absolute Gasteiger partial charge is 0.471 e. The Bertz CT molecular complexity index is 1190. The zero-order valence-electron chi connectivity index (χ0n) is 23.7. The average Bonchev–Trinajstić information content (AvgIpc) is 3.66. The van der Waals surface area contributed by atoms with Crippen molar-refractivity contribution in [1.82, 2.24) is 20.9 Å². The van der Waals surface area contributed by atoms with Crippen molar-refractivity contribution < 1.29 is 37.1 Å². The highest BCUT2D eigenvalue weighted by atomic mass is 19.4. The van der Waals surface area contributed by atoms with Crippen LogP contribution in [-0.4, -0.2) is 78.1 Å². The smallest absolute Gasteiger partial charge is 0.378 e. The maximum absolute atomic E-state index is 14.5. The maximum Gasteiger partial charge on any atom is 0.471 e. The van der Waals surface area contributed by atoms with Crippen molar-refractivity contribution in [1.29, 1.82) is 5.26 Å². The van der Waals surface area contributed by atoms with Crippen LogP contribution in [0.4, 0.5) is 13.2 Å². The van der Waals surface area contributed by atoms with Crippen LogP contribution in [0.2, 0.25) is 0 Å². The topological polar surface area (TPSA) is 141 Å². The summed E-state index contributed by atoms with van der Waals surface area (Å²) in [6.45, 7) is 0.503. The van der Waals surface area contributed by atoms with E-state index in [2.05, 4.69) is 16.0 Å². The molecule has 0 aromatic rings. The number of rotatable bonds is 8. The summed E-state index contributed by atoms with van der Waals surface area (Å²) >= 11 is 0. The van der Waals surface area contributed by atoms with E-state index in [-0.39, 0.29) is 36.1 Å². The number of halogens is 3. The molecule has 8 atom stereocenters. The van der Waals surface area contributed by atoms with Gasteiger partial charge in [-0.15, -0.1) is 0 Å². The number of likely N-dealkylation sites (tertiary alicyclic amines) is 1. The summed E-state index contributed by atoms with van der Waals surface area (Å²) in [5.41, 5.74) is -1.45. The van der Waals surface area contributed by atoms with E-state index in [1.165, 1.54) is 4.90 Å². The van der Waals surface area contributed by atoms with Crippen LogP contribution in [0.1, 0.15) is 70.6 Å². The molecular formula is C29H38F3N5O5. The quantitative estimate of drug-likeness (QED) is 0.393. The van der Waals surface area contributed by atoms with Crippen LogP contribution in [0.15, 0.2) is 0 Å². The number of amides is 4. The summed E-state index contributed by atoms with van der Waals surface area (Å²) in [7, 11) is 1.60. The van der Waals surface area contributed by atoms with Gasteiger partial charge in [0.1, 0.15) is 18.1 Å². The van der Waals surface area contributed by atoms with E-state index >= 15 is 0 Å². The molecule has 3 N–H and O–H groups in total. The molecule has 0 aromatic heterocycles. The van der Waals surface area contributed by atoms with Crippen LogP contribution in [0, 0.1) is 40.4 Å². The molecule has 7 rings (SSSR count). The molecule has 2 aliphatic heterocycles. The van der Waals surface area contributed by atoms with Crippen molar-refractivity contribution in [3.05, 3.63) is 0 Å². The normalized spacial score (nSPS) is 39.5. The number of nitrogens with zero attached hydrogens (tertiary/aromatic N) is 2. The molecule has 13 heteroatoms. The minimum absolute atomic E-state index is 0.137. The standard InChI is InChI=1S/C29H38F3N5O5/c1-42-28-11-15-6-16(12-28)10-27(9-15,14-28)22(36-26(41)29(30,31)32)25(40)37-20-3-2-17(8-20)21(37)24(39)35-19(13-33)7-18-4-5-34-23(18)38/h15-22H,2-12,14H2,1H3,(H,34,38)(H,35,39)(H,36,41)/t15?,16?,17-,18-,19-,20+,21-,22+,27?,28?/m0/s1. The fraction of sp³-hybridized carbons (Fsp3) is 0.828. The van der Waals surface area contributed by atoms with Crippen LogP contribution >= 0.6 is 0 Å². The second-order valence-electron chi connectivity index (χ2n) is 13.7. The third-order valence-corrected chi connectivity index (χ3v) is 11.1. The number of carbonyl (C=O) groups is 4. The first kappa shape index (κ1) is 29.2. The average molecular weight is 594 g/mol. The molecule has 10 nitrogen and oxygen atoms in total. The summed E-state index contributed by atoms with van der Waals surface area (Å²) in [4.78, 5) is 54.0. The lowest BCUT2D eigenvalue weighted by Crippen LogP contribution is -2.68. The predicted octanol–water partition coefficient (Wildman–Crippen LogP) is 1.93. The third kappa shape index (κ3) is 4.93. The van der Waals surface area contributed by atoms with Crippen LogP contribution in [0.25, 0.3) is 0 Å². The van der Waals surface area contributed by atoms with E-state index < -0.39 is 59.0 Å². The van der Waals surface area contributed by atoms with Crippen molar-refractivity contribution in [3.8, 4) is 6.07 Å². The first-order chi connectivity index (χ1) is 19.9. The lowest BCUT2D eigenvalue weighted by atomic mass is 9.46. The van der Waals surface area contributed by atoms with E-state index in [4.69, 9.17) is 4.74 Å². The van der Waals surface area contributed by atoms with Gasteiger partial charge in [0.05, 0.1) is 11.7 Å². The van der Waals surface area contributed by atoms with Crippen LogP contribution in [0.3, 0.4) is 0 Å². The zero-order valence-corrected chi connectivity index (χ0v) is 23.7. The van der Waals surface area contributed by atoms with Gasteiger partial charge in [0.25, 0.3) is 0 Å². The summed E-state index contributed by atoms with van der Waals surface area (Å²) in [5.74, 6) is -3.77. The summed E-state index contributed by atoms with van der Waals surface area (Å²) in [6, 6.07) is -1.65. The van der Waals surface area contributed by atoms with Gasteiger partial charge in [0, 0.05) is 31.0 Å². The molecule has 2 unspecified atom stereocenters. The molecule has 2 saturated heterocycles. The number of piperidine rings is 1. The molecule has 7 fully saturated rings. The Morgan fingerprint density at radius 2 is 1.83 bits per heavy atom. The summed E-state index contributed by atoms with van der Waals surface area (Å²) in [5, 5.41) is 17.3. The fourth-order valence-electron chi connectivity index (χ4n) is 9.86. The van der Waals surface area contributed by atoms with Crippen molar-refractivity contribution >= 4 is 23.6 Å². The highest BCUT2D eigenvalue weighted by Gasteiger charge is 2.64. The van der Waals surface area contributed by atoms with Gasteiger partial charge in [-0.1, -0.05) is 0 Å². The third-order valence-electron chi connectivity index (χ3n) is 11.1. The molecule has 4 amide bonds. The molecular weight excluding hydrogens is 555 g/mol. The highest BCUT2D eigenvalue weighted by molar-refractivity contribution is 5.95. The van der Waals surface area contributed by atoms with Gasteiger partial charge in [-0.3, -0.25) is 19.2 Å². The molecule has 42 heavy (non-hydrogen) atoms. The predicted molar refractivity (Wildman–Crippen MR) is 140 cm³/mol. The monoisotopic (exact) mass is 593 g/mol. The summed E-state index contributed by atoms with van der Waals surface area (Å²) in [6.07, 6.45) is 1.24. The maximum atomic E-state index is 14.5. The van der Waals surface area contributed by atoms with E-state index in [0.29, 0.717) is 51.5 Å². The lowest BCUT2D eigenvalue weighted by Gasteiger charge is -2.63. The SMILES string of the molecule is COC12CC3CC(C1)CC([C@H](NC(=O)C(F)(F)F)C(=O)N1[C@@H]4CC[C@@H](C4)[C@H]1C(=O)N[C@H](C#N)C[C@@H]1CCNC1=O)(C3)C2. The Hall–Kier alpha value is -2.88. The minimum atomic E-state index is -5.17. The first-order valence-corrected chi connectivity index (χ1v) is 15.1. The Morgan fingerprint density at radius 1 is 1.12 bits per heavy atom. The number of fused-ring (bicyclic) bond motifs is 2. The van der Waals surface area contributed by atoms with Crippen LogP contribution in [0.5, 0.6) is 0 Å². The van der Waals surface area contributed by atoms with Gasteiger partial charge < -0.3 is 25.6 Å². The second kappa shape index (κ2) is 10.4. The number of ether oxygens (including phenoxy) is 1. The number of nitrogens with one attached hydrogen (secondary N) is 3. The van der Waals surface area contributed by atoms with Crippen molar-refractivity contribution in [2.75, 3.05) is 13.7 Å². The van der Waals surface area contributed by atoms with Gasteiger partial charge in [0.2, 0.25) is 17.7 Å². The fourth-order valence-corrected chi connectivity index (χ4v) is 9.86. The molecule has 7 aliphatic rings. The van der Waals surface area contributed by atoms with Crippen LogP contribution < -0.4 is 16.0 Å². The molecule has 0 aromatic carbocycles. The molecule has 2 heterocycles. The van der Waals surface area contributed by atoms with Crippen molar-refractivity contribution in [3.63, 3.8) is 0 Å². The lowest BCUT2D eigenvalue weighted by molar-refractivity contribution is -0.199. The van der Waals surface area contributed by atoms with Gasteiger partial charge in [-0.25, -0.2) is 0 Å². The Morgan fingerprint density at radius 3 is 2.43 bits per heavy atom. The molecule has 0 spiro atoms. The number of hydrogen-bond donors (Lipinski definition) is 3. The Labute approximate surface area is 242 Å². The number of methoxy groups -OCH3 is 1. The van der Waals surface area contributed by atoms with E-state index in [9.17, 15) is 37.6 Å². The van der Waals surface area contributed by atoms with Gasteiger partial charge in [-0.05, 0) is 88.4 Å².